The van der Waals surface area contributed by atoms with Gasteiger partial charge in [0.1, 0.15) is 22.9 Å². The summed E-state index contributed by atoms with van der Waals surface area (Å²) >= 11 is 3.46. The first-order valence-corrected chi connectivity index (χ1v) is 10.1. The molecule has 4 aromatic rings. The quantitative estimate of drug-likeness (QED) is 0.399. The molecule has 140 valence electrons. The largest absolute Gasteiger partial charge is 0.438 e. The number of aromatic nitrogens is 2. The lowest BCUT2D eigenvalue weighted by molar-refractivity contribution is 0.490. The molecule has 0 fully saturated rings. The molecular weight excluding hydrogens is 421 g/mol. The van der Waals surface area contributed by atoms with Gasteiger partial charge in [-0.2, -0.15) is 4.98 Å². The summed E-state index contributed by atoms with van der Waals surface area (Å²) in [5.74, 6) is 1.47. The van der Waals surface area contributed by atoms with Crippen molar-refractivity contribution in [2.24, 2.45) is 4.99 Å². The number of furan rings is 1. The van der Waals surface area contributed by atoms with Gasteiger partial charge in [-0.05, 0) is 55.3 Å². The summed E-state index contributed by atoms with van der Waals surface area (Å²) in [7, 11) is 0. The molecular formula is C22H17BrFN3O. The van der Waals surface area contributed by atoms with Gasteiger partial charge in [-0.3, -0.25) is 0 Å². The zero-order chi connectivity index (χ0) is 19.1. The summed E-state index contributed by atoms with van der Waals surface area (Å²) in [5.41, 5.74) is 3.10. The van der Waals surface area contributed by atoms with Crippen LogP contribution in [0.3, 0.4) is 0 Å². The van der Waals surface area contributed by atoms with Crippen LogP contribution >= 0.6 is 15.9 Å². The second-order valence-corrected chi connectivity index (χ2v) is 7.80. The van der Waals surface area contributed by atoms with Crippen LogP contribution in [0.4, 0.5) is 10.1 Å². The average Bonchev–Trinajstić information content (AvgIpc) is 3.14. The highest BCUT2D eigenvalue weighted by molar-refractivity contribution is 9.10. The van der Waals surface area contributed by atoms with Crippen molar-refractivity contribution in [1.29, 1.82) is 0 Å². The summed E-state index contributed by atoms with van der Waals surface area (Å²) in [4.78, 5) is 9.60. The molecule has 0 saturated carbocycles. The first kappa shape index (κ1) is 17.4. The Kier molecular flexibility index (Phi) is 4.36. The van der Waals surface area contributed by atoms with Gasteiger partial charge in [0.2, 0.25) is 5.71 Å². The van der Waals surface area contributed by atoms with Gasteiger partial charge in [-0.1, -0.05) is 28.1 Å². The van der Waals surface area contributed by atoms with Gasteiger partial charge in [0.25, 0.3) is 0 Å². The Balaban J connectivity index is 1.76. The predicted molar refractivity (Wildman–Crippen MR) is 110 cm³/mol. The SMILES string of the molecule is Fc1ccc(N=c2c3cc(-c4ccc(Br)cc4)oc3nc3n2CCCC3)cc1. The molecule has 0 bridgehead atoms. The van der Waals surface area contributed by atoms with Crippen molar-refractivity contribution in [1.82, 2.24) is 9.55 Å². The number of fused-ring (bicyclic) bond motifs is 2. The number of aryl methyl sites for hydroxylation is 1. The Morgan fingerprint density at radius 1 is 1.04 bits per heavy atom. The van der Waals surface area contributed by atoms with Crippen LogP contribution in [0, 0.1) is 5.82 Å². The van der Waals surface area contributed by atoms with Crippen LogP contribution in [-0.2, 0) is 13.0 Å². The van der Waals surface area contributed by atoms with Gasteiger partial charge in [0, 0.05) is 23.0 Å². The Hall–Kier alpha value is -2.73. The first-order chi connectivity index (χ1) is 13.7. The summed E-state index contributed by atoms with van der Waals surface area (Å²) in [6.07, 6.45) is 3.10. The van der Waals surface area contributed by atoms with E-state index < -0.39 is 0 Å². The van der Waals surface area contributed by atoms with Gasteiger partial charge in [-0.15, -0.1) is 0 Å². The highest BCUT2D eigenvalue weighted by atomic mass is 79.9. The molecule has 2 aromatic carbocycles. The summed E-state index contributed by atoms with van der Waals surface area (Å²) in [6.45, 7) is 0.872. The minimum absolute atomic E-state index is 0.269. The summed E-state index contributed by atoms with van der Waals surface area (Å²) < 4.78 is 22.6. The normalized spacial score (nSPS) is 14.4. The molecule has 0 unspecified atom stereocenters. The molecule has 0 spiro atoms. The fourth-order valence-electron chi connectivity index (χ4n) is 3.56. The molecule has 1 aliphatic heterocycles. The molecule has 5 rings (SSSR count). The van der Waals surface area contributed by atoms with E-state index in [0.29, 0.717) is 11.4 Å². The average molecular weight is 438 g/mol. The van der Waals surface area contributed by atoms with E-state index in [2.05, 4.69) is 20.5 Å². The summed E-state index contributed by atoms with van der Waals surface area (Å²) in [6, 6.07) is 16.2. The Labute approximate surface area is 169 Å². The molecule has 28 heavy (non-hydrogen) atoms. The smallest absolute Gasteiger partial charge is 0.232 e. The van der Waals surface area contributed by atoms with Gasteiger partial charge >= 0.3 is 0 Å². The second kappa shape index (κ2) is 7.02. The third kappa shape index (κ3) is 3.18. The maximum Gasteiger partial charge on any atom is 0.232 e. The van der Waals surface area contributed by atoms with Crippen LogP contribution in [0.25, 0.3) is 22.4 Å². The van der Waals surface area contributed by atoms with E-state index in [1.807, 2.05) is 30.3 Å². The van der Waals surface area contributed by atoms with E-state index >= 15 is 0 Å². The van der Waals surface area contributed by atoms with Gasteiger partial charge in [0.05, 0.1) is 11.1 Å². The van der Waals surface area contributed by atoms with Gasteiger partial charge in [0.15, 0.2) is 0 Å². The topological polar surface area (TPSA) is 43.3 Å². The van der Waals surface area contributed by atoms with Gasteiger partial charge < -0.3 is 8.98 Å². The van der Waals surface area contributed by atoms with E-state index in [9.17, 15) is 4.39 Å². The Morgan fingerprint density at radius 2 is 1.82 bits per heavy atom. The lowest BCUT2D eigenvalue weighted by Gasteiger charge is -2.18. The van der Waals surface area contributed by atoms with E-state index in [0.717, 1.165) is 58.3 Å². The third-order valence-electron chi connectivity index (χ3n) is 4.97. The maximum absolute atomic E-state index is 13.3. The molecule has 0 amide bonds. The number of halogens is 2. The highest BCUT2D eigenvalue weighted by Crippen LogP contribution is 2.28. The molecule has 0 radical (unpaired) electrons. The first-order valence-electron chi connectivity index (χ1n) is 9.27. The van der Waals surface area contributed by atoms with E-state index in [1.165, 1.54) is 12.1 Å². The van der Waals surface area contributed by atoms with E-state index in [1.54, 1.807) is 12.1 Å². The van der Waals surface area contributed by atoms with Crippen molar-refractivity contribution >= 4 is 32.7 Å². The Bertz CT molecular complexity index is 1220. The minimum atomic E-state index is -0.269. The fourth-order valence-corrected chi connectivity index (χ4v) is 3.83. The van der Waals surface area contributed by atoms with E-state index in [4.69, 9.17) is 14.4 Å². The standard InChI is InChI=1S/C22H17BrFN3O/c23-15-6-4-14(5-7-15)19-13-18-21(25-17-10-8-16(24)9-11-17)27-12-2-1-3-20(27)26-22(18)28-19/h4-11,13H,1-3,12H2. The van der Waals surface area contributed by atoms with Gasteiger partial charge in [-0.25, -0.2) is 9.38 Å². The zero-order valence-electron chi connectivity index (χ0n) is 15.0. The molecule has 0 aliphatic carbocycles. The maximum atomic E-state index is 13.3. The minimum Gasteiger partial charge on any atom is -0.438 e. The van der Waals surface area contributed by atoms with Crippen molar-refractivity contribution in [3.63, 3.8) is 0 Å². The van der Waals surface area contributed by atoms with Crippen LogP contribution in [0.15, 0.2) is 68.5 Å². The van der Waals surface area contributed by atoms with E-state index in [-0.39, 0.29) is 5.82 Å². The van der Waals surface area contributed by atoms with Crippen LogP contribution in [0.1, 0.15) is 18.7 Å². The number of hydrogen-bond acceptors (Lipinski definition) is 3. The predicted octanol–water partition coefficient (Wildman–Crippen LogP) is 5.77. The summed E-state index contributed by atoms with van der Waals surface area (Å²) in [5, 5.41) is 0.868. The molecule has 4 nitrogen and oxygen atoms in total. The highest BCUT2D eigenvalue weighted by Gasteiger charge is 2.17. The zero-order valence-corrected chi connectivity index (χ0v) is 16.6. The van der Waals surface area contributed by atoms with Crippen LogP contribution in [0.2, 0.25) is 0 Å². The van der Waals surface area contributed by atoms with Crippen molar-refractivity contribution in [2.45, 2.75) is 25.8 Å². The third-order valence-corrected chi connectivity index (χ3v) is 5.50. The van der Waals surface area contributed by atoms with Crippen molar-refractivity contribution in [3.05, 3.63) is 76.2 Å². The molecule has 0 saturated heterocycles. The van der Waals surface area contributed by atoms with Crippen LogP contribution < -0.4 is 5.49 Å². The number of hydrogen-bond donors (Lipinski definition) is 0. The lowest BCUT2D eigenvalue weighted by Crippen LogP contribution is -2.28. The molecule has 6 heteroatoms. The lowest BCUT2D eigenvalue weighted by atomic mass is 10.1. The molecule has 1 aliphatic rings. The number of benzene rings is 2. The molecule has 0 atom stereocenters. The number of nitrogens with zero attached hydrogens (tertiary/aromatic N) is 3. The van der Waals surface area contributed by atoms with Crippen molar-refractivity contribution < 1.29 is 8.81 Å². The Morgan fingerprint density at radius 3 is 2.61 bits per heavy atom. The molecule has 3 heterocycles. The fraction of sp³-hybridized carbons (Fsp3) is 0.182. The van der Waals surface area contributed by atoms with Crippen LogP contribution in [0.5, 0.6) is 0 Å². The van der Waals surface area contributed by atoms with Crippen molar-refractivity contribution in [2.75, 3.05) is 0 Å². The number of rotatable bonds is 2. The molecule has 0 N–H and O–H groups in total. The monoisotopic (exact) mass is 437 g/mol. The van der Waals surface area contributed by atoms with Crippen molar-refractivity contribution in [3.8, 4) is 11.3 Å². The molecule has 2 aromatic heterocycles. The second-order valence-electron chi connectivity index (χ2n) is 6.88. The van der Waals surface area contributed by atoms with Crippen LogP contribution in [-0.4, -0.2) is 9.55 Å².